The van der Waals surface area contributed by atoms with E-state index in [2.05, 4.69) is 6.92 Å². The molecule has 0 spiro atoms. The van der Waals surface area contributed by atoms with Gasteiger partial charge in [0.25, 0.3) is 5.91 Å². The summed E-state index contributed by atoms with van der Waals surface area (Å²) in [6.07, 6.45) is 4.82. The van der Waals surface area contributed by atoms with Gasteiger partial charge in [-0.25, -0.2) is 0 Å². The number of nitrogens with zero attached hydrogens (tertiary/aromatic N) is 1. The number of thioether (sulfide) groups is 1. The van der Waals surface area contributed by atoms with E-state index in [0.29, 0.717) is 22.4 Å². The minimum Gasteiger partial charge on any atom is -0.494 e. The Morgan fingerprint density at radius 2 is 1.96 bits per heavy atom. The highest BCUT2D eigenvalue weighted by atomic mass is 32.2. The van der Waals surface area contributed by atoms with Gasteiger partial charge >= 0.3 is 0 Å². The van der Waals surface area contributed by atoms with Crippen LogP contribution in [0.4, 0.5) is 0 Å². The highest BCUT2D eigenvalue weighted by Crippen LogP contribution is 2.32. The van der Waals surface area contributed by atoms with Gasteiger partial charge in [-0.3, -0.25) is 9.69 Å². The fourth-order valence-electron chi connectivity index (χ4n) is 2.21. The molecule has 130 valence electrons. The molecule has 1 heterocycles. The van der Waals surface area contributed by atoms with E-state index in [4.69, 9.17) is 21.7 Å². The number of thiocarbonyl (C=S) groups is 1. The molecule has 1 aromatic rings. The summed E-state index contributed by atoms with van der Waals surface area (Å²) in [6.45, 7) is 4.09. The minimum atomic E-state index is -0.0237. The normalized spacial score (nSPS) is 16.2. The predicted molar refractivity (Wildman–Crippen MR) is 103 cm³/mol. The van der Waals surface area contributed by atoms with Crippen LogP contribution in [0.1, 0.15) is 31.7 Å². The summed E-state index contributed by atoms with van der Waals surface area (Å²) in [5.41, 5.74) is 0.968. The molecule has 6 heteroatoms. The SMILES string of the molecule is CCCCOc1ccc(/C=C2\SC(=S)N(CCCOC)C2=O)cc1. The molecule has 0 N–H and O–H groups in total. The summed E-state index contributed by atoms with van der Waals surface area (Å²) >= 11 is 6.66. The van der Waals surface area contributed by atoms with Gasteiger partial charge in [-0.15, -0.1) is 0 Å². The summed E-state index contributed by atoms with van der Waals surface area (Å²) in [7, 11) is 1.65. The number of carbonyl (C=O) groups excluding carboxylic acids is 1. The van der Waals surface area contributed by atoms with Crippen LogP contribution in [0, 0.1) is 0 Å². The second-order valence-electron chi connectivity index (χ2n) is 5.45. The fourth-order valence-corrected chi connectivity index (χ4v) is 3.51. The lowest BCUT2D eigenvalue weighted by molar-refractivity contribution is -0.122. The number of ether oxygens (including phenoxy) is 2. The first-order valence-electron chi connectivity index (χ1n) is 8.13. The maximum atomic E-state index is 12.4. The van der Waals surface area contributed by atoms with Crippen LogP contribution in [0.3, 0.4) is 0 Å². The molecule has 1 aromatic carbocycles. The molecule has 1 saturated heterocycles. The maximum absolute atomic E-state index is 12.4. The molecule has 24 heavy (non-hydrogen) atoms. The Morgan fingerprint density at radius 1 is 1.21 bits per heavy atom. The summed E-state index contributed by atoms with van der Waals surface area (Å²) in [6, 6.07) is 7.78. The van der Waals surface area contributed by atoms with E-state index in [0.717, 1.165) is 37.2 Å². The molecule has 0 atom stereocenters. The average Bonchev–Trinajstić information content (AvgIpc) is 2.84. The van der Waals surface area contributed by atoms with Gasteiger partial charge < -0.3 is 9.47 Å². The number of hydrogen-bond acceptors (Lipinski definition) is 5. The lowest BCUT2D eigenvalue weighted by atomic mass is 10.2. The van der Waals surface area contributed by atoms with Crippen molar-refractivity contribution in [3.05, 3.63) is 34.7 Å². The van der Waals surface area contributed by atoms with Crippen LogP contribution in [0.5, 0.6) is 5.75 Å². The Morgan fingerprint density at radius 3 is 2.62 bits per heavy atom. The molecule has 0 bridgehead atoms. The number of hydrogen-bond donors (Lipinski definition) is 0. The van der Waals surface area contributed by atoms with Crippen molar-refractivity contribution >= 4 is 40.3 Å². The first-order valence-corrected chi connectivity index (χ1v) is 9.35. The second kappa shape index (κ2) is 9.81. The number of benzene rings is 1. The maximum Gasteiger partial charge on any atom is 0.266 e. The minimum absolute atomic E-state index is 0.0237. The zero-order chi connectivity index (χ0) is 17.4. The smallest absolute Gasteiger partial charge is 0.266 e. The van der Waals surface area contributed by atoms with Crippen LogP contribution < -0.4 is 4.74 Å². The molecule has 1 aliphatic rings. The Bertz CT molecular complexity index is 599. The van der Waals surface area contributed by atoms with Gasteiger partial charge in [-0.05, 0) is 36.6 Å². The third kappa shape index (κ3) is 5.33. The molecule has 0 aliphatic carbocycles. The molecule has 0 unspecified atom stereocenters. The molecule has 0 saturated carbocycles. The van der Waals surface area contributed by atoms with Crippen LogP contribution in [-0.2, 0) is 9.53 Å². The average molecular weight is 366 g/mol. The van der Waals surface area contributed by atoms with Gasteiger partial charge in [0, 0.05) is 20.3 Å². The summed E-state index contributed by atoms with van der Waals surface area (Å²) in [5, 5.41) is 0. The van der Waals surface area contributed by atoms with Crippen molar-refractivity contribution in [1.29, 1.82) is 0 Å². The molecule has 1 aliphatic heterocycles. The molecular formula is C18H23NO3S2. The Labute approximate surface area is 153 Å². The van der Waals surface area contributed by atoms with Crippen molar-refractivity contribution in [3.63, 3.8) is 0 Å². The predicted octanol–water partition coefficient (Wildman–Crippen LogP) is 4.10. The zero-order valence-electron chi connectivity index (χ0n) is 14.1. The fraction of sp³-hybridized carbons (Fsp3) is 0.444. The van der Waals surface area contributed by atoms with E-state index < -0.39 is 0 Å². The van der Waals surface area contributed by atoms with Crippen LogP contribution in [0.25, 0.3) is 6.08 Å². The van der Waals surface area contributed by atoms with E-state index in [1.165, 1.54) is 11.8 Å². The van der Waals surface area contributed by atoms with Crippen molar-refractivity contribution < 1.29 is 14.3 Å². The molecule has 1 amide bonds. The number of unbranched alkanes of at least 4 members (excludes halogenated alkanes) is 1. The molecule has 4 nitrogen and oxygen atoms in total. The summed E-state index contributed by atoms with van der Waals surface area (Å²) < 4.78 is 11.3. The molecule has 2 rings (SSSR count). The summed E-state index contributed by atoms with van der Waals surface area (Å²) in [5.74, 6) is 0.831. The van der Waals surface area contributed by atoms with Crippen LogP contribution in [0.15, 0.2) is 29.2 Å². The number of rotatable bonds is 9. The molecule has 0 aromatic heterocycles. The molecule has 1 fully saturated rings. The van der Waals surface area contributed by atoms with E-state index in [1.54, 1.807) is 12.0 Å². The van der Waals surface area contributed by atoms with Gasteiger partial charge in [-0.1, -0.05) is 49.5 Å². The van der Waals surface area contributed by atoms with Gasteiger partial charge in [0.05, 0.1) is 11.5 Å². The van der Waals surface area contributed by atoms with Crippen LogP contribution >= 0.6 is 24.0 Å². The number of methoxy groups -OCH3 is 1. The molecule has 0 radical (unpaired) electrons. The van der Waals surface area contributed by atoms with Gasteiger partial charge in [0.1, 0.15) is 10.1 Å². The lowest BCUT2D eigenvalue weighted by Crippen LogP contribution is -2.29. The molecular weight excluding hydrogens is 342 g/mol. The highest BCUT2D eigenvalue weighted by molar-refractivity contribution is 8.26. The first kappa shape index (κ1) is 19.0. The Kier molecular flexibility index (Phi) is 7.75. The van der Waals surface area contributed by atoms with Crippen molar-refractivity contribution in [2.45, 2.75) is 26.2 Å². The standard InChI is InChI=1S/C18H23NO3S2/c1-3-4-12-22-15-8-6-14(7-9-15)13-16-17(20)19(18(23)24-16)10-5-11-21-2/h6-9,13H,3-5,10-12H2,1-2H3/b16-13-. The second-order valence-corrected chi connectivity index (χ2v) is 7.13. The van der Waals surface area contributed by atoms with E-state index >= 15 is 0 Å². The van der Waals surface area contributed by atoms with Gasteiger partial charge in [0.2, 0.25) is 0 Å². The van der Waals surface area contributed by atoms with Crippen LogP contribution in [-0.4, -0.2) is 42.0 Å². The first-order chi connectivity index (χ1) is 11.7. The van der Waals surface area contributed by atoms with Gasteiger partial charge in [0.15, 0.2) is 0 Å². The lowest BCUT2D eigenvalue weighted by Gasteiger charge is -2.13. The van der Waals surface area contributed by atoms with E-state index in [1.807, 2.05) is 30.3 Å². The van der Waals surface area contributed by atoms with Crippen molar-refractivity contribution in [2.24, 2.45) is 0 Å². The quantitative estimate of drug-likeness (QED) is 0.374. The monoisotopic (exact) mass is 365 g/mol. The number of carbonyl (C=O) groups is 1. The Hall–Kier alpha value is -1.37. The third-order valence-corrected chi connectivity index (χ3v) is 4.93. The summed E-state index contributed by atoms with van der Waals surface area (Å²) in [4.78, 5) is 14.7. The largest absolute Gasteiger partial charge is 0.494 e. The third-order valence-electron chi connectivity index (χ3n) is 3.55. The van der Waals surface area contributed by atoms with E-state index in [9.17, 15) is 4.79 Å². The van der Waals surface area contributed by atoms with Crippen LogP contribution in [0.2, 0.25) is 0 Å². The zero-order valence-corrected chi connectivity index (χ0v) is 15.8. The van der Waals surface area contributed by atoms with Crippen molar-refractivity contribution in [1.82, 2.24) is 4.90 Å². The Balaban J connectivity index is 1.98. The van der Waals surface area contributed by atoms with Crippen molar-refractivity contribution in [3.8, 4) is 5.75 Å². The van der Waals surface area contributed by atoms with Gasteiger partial charge in [-0.2, -0.15) is 0 Å². The topological polar surface area (TPSA) is 38.8 Å². The van der Waals surface area contributed by atoms with Crippen molar-refractivity contribution in [2.75, 3.05) is 26.9 Å². The number of amides is 1. The van der Waals surface area contributed by atoms with E-state index in [-0.39, 0.29) is 5.91 Å². The highest BCUT2D eigenvalue weighted by Gasteiger charge is 2.31.